The zero-order valence-electron chi connectivity index (χ0n) is 10.4. The molecule has 1 saturated heterocycles. The molecule has 6 heteroatoms. The van der Waals surface area contributed by atoms with Crippen molar-refractivity contribution in [1.82, 2.24) is 4.98 Å². The summed E-state index contributed by atoms with van der Waals surface area (Å²) < 4.78 is 6.54. The lowest BCUT2D eigenvalue weighted by molar-refractivity contribution is -0.115. The van der Waals surface area contributed by atoms with E-state index >= 15 is 0 Å². The van der Waals surface area contributed by atoms with E-state index in [9.17, 15) is 4.79 Å². The topological polar surface area (TPSA) is 46.3 Å². The number of hydrogen-bond acceptors (Lipinski definition) is 5. The molecule has 3 heterocycles. The number of hydrogen-bond donors (Lipinski definition) is 0. The predicted molar refractivity (Wildman–Crippen MR) is 81.0 cm³/mol. The molecule has 1 aromatic carbocycles. The van der Waals surface area contributed by atoms with Gasteiger partial charge in [0.1, 0.15) is 11.1 Å². The van der Waals surface area contributed by atoms with Crippen LogP contribution in [0, 0.1) is 0 Å². The molecular weight excluding hydrogens is 292 g/mol. The van der Waals surface area contributed by atoms with Gasteiger partial charge in [0.2, 0.25) is 5.91 Å². The molecule has 4 nitrogen and oxygen atoms in total. The molecule has 2 aromatic heterocycles. The van der Waals surface area contributed by atoms with Crippen molar-refractivity contribution >= 4 is 44.4 Å². The van der Waals surface area contributed by atoms with E-state index in [-0.39, 0.29) is 11.3 Å². The largest absolute Gasteiger partial charge is 0.466 e. The van der Waals surface area contributed by atoms with E-state index in [2.05, 4.69) is 4.98 Å². The van der Waals surface area contributed by atoms with E-state index in [0.717, 1.165) is 21.1 Å². The van der Waals surface area contributed by atoms with Gasteiger partial charge in [0.25, 0.3) is 0 Å². The van der Waals surface area contributed by atoms with Crippen molar-refractivity contribution in [3.63, 3.8) is 0 Å². The molecular formula is C14H10N2O2S2. The van der Waals surface area contributed by atoms with Crippen LogP contribution in [0.25, 0.3) is 10.2 Å². The quantitative estimate of drug-likeness (QED) is 0.724. The van der Waals surface area contributed by atoms with Crippen LogP contribution in [0.5, 0.6) is 0 Å². The molecule has 20 heavy (non-hydrogen) atoms. The molecule has 0 radical (unpaired) electrons. The van der Waals surface area contributed by atoms with Crippen molar-refractivity contribution in [2.75, 3.05) is 10.7 Å². The molecule has 100 valence electrons. The lowest BCUT2D eigenvalue weighted by Crippen LogP contribution is -2.27. The fourth-order valence-corrected chi connectivity index (χ4v) is 4.42. The summed E-state index contributed by atoms with van der Waals surface area (Å²) in [5.41, 5.74) is 0.926. The van der Waals surface area contributed by atoms with Crippen molar-refractivity contribution in [2.24, 2.45) is 0 Å². The van der Waals surface area contributed by atoms with Crippen LogP contribution in [0.2, 0.25) is 0 Å². The van der Waals surface area contributed by atoms with Gasteiger partial charge < -0.3 is 4.42 Å². The number of benzene rings is 1. The predicted octanol–water partition coefficient (Wildman–Crippen LogP) is 3.67. The van der Waals surface area contributed by atoms with Crippen LogP contribution in [0.3, 0.4) is 0 Å². The SMILES string of the molecule is O=C1CSC(c2ccco2)N1c1nc2ccccc2s1. The maximum atomic E-state index is 12.2. The lowest BCUT2D eigenvalue weighted by atomic mass is 10.3. The number of thioether (sulfide) groups is 1. The van der Waals surface area contributed by atoms with Crippen molar-refractivity contribution in [2.45, 2.75) is 5.37 Å². The summed E-state index contributed by atoms with van der Waals surface area (Å²) in [6.45, 7) is 0. The lowest BCUT2D eigenvalue weighted by Gasteiger charge is -2.18. The van der Waals surface area contributed by atoms with Gasteiger partial charge in [-0.05, 0) is 24.3 Å². The van der Waals surface area contributed by atoms with E-state index in [1.165, 1.54) is 11.3 Å². The first-order chi connectivity index (χ1) is 9.83. The van der Waals surface area contributed by atoms with E-state index in [4.69, 9.17) is 4.42 Å². The highest BCUT2D eigenvalue weighted by Gasteiger charge is 2.37. The number of rotatable bonds is 2. The number of thiazole rings is 1. The minimum atomic E-state index is -0.113. The third-order valence-electron chi connectivity index (χ3n) is 3.14. The number of carbonyl (C=O) groups excluding carboxylic acids is 1. The fraction of sp³-hybridized carbons (Fsp3) is 0.143. The molecule has 1 unspecified atom stereocenters. The Kier molecular flexibility index (Phi) is 2.78. The number of aromatic nitrogens is 1. The van der Waals surface area contributed by atoms with Gasteiger partial charge in [-0.2, -0.15) is 0 Å². The maximum absolute atomic E-state index is 12.2. The van der Waals surface area contributed by atoms with E-state index in [0.29, 0.717) is 5.75 Å². The monoisotopic (exact) mass is 302 g/mol. The third kappa shape index (κ3) is 1.83. The minimum absolute atomic E-state index is 0.0791. The number of furan rings is 1. The van der Waals surface area contributed by atoms with Crippen LogP contribution < -0.4 is 4.90 Å². The highest BCUT2D eigenvalue weighted by Crippen LogP contribution is 2.43. The summed E-state index contributed by atoms with van der Waals surface area (Å²) in [6, 6.07) is 11.7. The van der Waals surface area contributed by atoms with Gasteiger partial charge >= 0.3 is 0 Å². The summed E-state index contributed by atoms with van der Waals surface area (Å²) >= 11 is 3.11. The highest BCUT2D eigenvalue weighted by atomic mass is 32.2. The molecule has 1 amide bonds. The molecule has 1 aliphatic heterocycles. The minimum Gasteiger partial charge on any atom is -0.466 e. The third-order valence-corrected chi connectivity index (χ3v) is 5.35. The average molecular weight is 302 g/mol. The molecule has 1 fully saturated rings. The van der Waals surface area contributed by atoms with Crippen LogP contribution in [0.1, 0.15) is 11.1 Å². The Bertz CT molecular complexity index is 733. The van der Waals surface area contributed by atoms with Crippen LogP contribution in [-0.4, -0.2) is 16.6 Å². The summed E-state index contributed by atoms with van der Waals surface area (Å²) in [5, 5.41) is 0.626. The molecule has 3 aromatic rings. The van der Waals surface area contributed by atoms with Gasteiger partial charge in [-0.1, -0.05) is 23.5 Å². The maximum Gasteiger partial charge on any atom is 0.240 e. The second kappa shape index (κ2) is 4.64. The number of carbonyl (C=O) groups is 1. The zero-order valence-corrected chi connectivity index (χ0v) is 12.0. The van der Waals surface area contributed by atoms with E-state index < -0.39 is 0 Å². The summed E-state index contributed by atoms with van der Waals surface area (Å²) in [7, 11) is 0. The number of anilines is 1. The van der Waals surface area contributed by atoms with Crippen LogP contribution in [0.15, 0.2) is 47.1 Å². The Morgan fingerprint density at radius 1 is 1.25 bits per heavy atom. The highest BCUT2D eigenvalue weighted by molar-refractivity contribution is 8.00. The van der Waals surface area contributed by atoms with Gasteiger partial charge in [0, 0.05) is 0 Å². The van der Waals surface area contributed by atoms with Crippen molar-refractivity contribution in [1.29, 1.82) is 0 Å². The second-order valence-corrected chi connectivity index (χ2v) is 6.48. The molecule has 1 atom stereocenters. The Labute approximate surface area is 123 Å². The van der Waals surface area contributed by atoms with Crippen molar-refractivity contribution < 1.29 is 9.21 Å². The first kappa shape index (κ1) is 12.0. The Morgan fingerprint density at radius 3 is 2.95 bits per heavy atom. The molecule has 1 aliphatic rings. The Balaban J connectivity index is 1.79. The van der Waals surface area contributed by atoms with Crippen molar-refractivity contribution in [3.05, 3.63) is 48.4 Å². The standard InChI is InChI=1S/C14H10N2O2S2/c17-12-8-19-13(10-5-3-7-18-10)16(12)14-15-9-4-1-2-6-11(9)20-14/h1-7,13H,8H2. The zero-order chi connectivity index (χ0) is 13.5. The summed E-state index contributed by atoms with van der Waals surface area (Å²) in [4.78, 5) is 18.5. The van der Waals surface area contributed by atoms with Gasteiger partial charge in [0.15, 0.2) is 5.13 Å². The second-order valence-electron chi connectivity index (χ2n) is 4.41. The van der Waals surface area contributed by atoms with Crippen LogP contribution in [0.4, 0.5) is 5.13 Å². The average Bonchev–Trinajstić information content (AvgIpc) is 3.16. The number of fused-ring (bicyclic) bond motifs is 1. The van der Waals surface area contributed by atoms with Crippen LogP contribution >= 0.6 is 23.1 Å². The molecule has 4 rings (SSSR count). The number of nitrogens with zero attached hydrogens (tertiary/aromatic N) is 2. The van der Waals surface area contributed by atoms with Gasteiger partial charge in [-0.25, -0.2) is 4.98 Å². The van der Waals surface area contributed by atoms with Gasteiger partial charge in [-0.15, -0.1) is 11.8 Å². The Hall–Kier alpha value is -1.79. The molecule has 0 spiro atoms. The van der Waals surface area contributed by atoms with Crippen LogP contribution in [-0.2, 0) is 4.79 Å². The molecule has 0 bridgehead atoms. The first-order valence-corrected chi connectivity index (χ1v) is 8.02. The number of amides is 1. The summed E-state index contributed by atoms with van der Waals surface area (Å²) in [5.74, 6) is 1.33. The first-order valence-electron chi connectivity index (χ1n) is 6.15. The Morgan fingerprint density at radius 2 is 2.15 bits per heavy atom. The van der Waals surface area contributed by atoms with E-state index in [1.807, 2.05) is 36.4 Å². The van der Waals surface area contributed by atoms with Gasteiger partial charge in [-0.3, -0.25) is 9.69 Å². The molecule has 0 aliphatic carbocycles. The summed E-state index contributed by atoms with van der Waals surface area (Å²) in [6.07, 6.45) is 1.63. The van der Waals surface area contributed by atoms with E-state index in [1.54, 1.807) is 22.9 Å². The molecule has 0 saturated carbocycles. The normalized spacial score (nSPS) is 19.1. The smallest absolute Gasteiger partial charge is 0.240 e. The van der Waals surface area contributed by atoms with Crippen molar-refractivity contribution in [3.8, 4) is 0 Å². The number of para-hydroxylation sites is 1. The fourth-order valence-electron chi connectivity index (χ4n) is 2.24. The molecule has 0 N–H and O–H groups in total. The van der Waals surface area contributed by atoms with Gasteiger partial charge in [0.05, 0.1) is 22.2 Å².